The number of benzene rings is 3. The van der Waals surface area contributed by atoms with Crippen LogP contribution in [0.4, 0.5) is 11.4 Å². The van der Waals surface area contributed by atoms with Gasteiger partial charge in [0.05, 0.1) is 4.90 Å². The lowest BCUT2D eigenvalue weighted by molar-refractivity contribution is 0.483. The molecule has 0 aromatic heterocycles. The second kappa shape index (κ2) is 6.61. The van der Waals surface area contributed by atoms with Crippen LogP contribution < -0.4 is 27.4 Å². The van der Waals surface area contributed by atoms with E-state index >= 15 is 0 Å². The van der Waals surface area contributed by atoms with Crippen molar-refractivity contribution in [2.45, 2.75) is 4.90 Å². The summed E-state index contributed by atoms with van der Waals surface area (Å²) in [6.07, 6.45) is 0. The van der Waals surface area contributed by atoms with Gasteiger partial charge in [-0.3, -0.25) is 4.55 Å². The number of hydrogen-bond donors (Lipinski definition) is 3. The Bertz CT molecular complexity index is 1080. The van der Waals surface area contributed by atoms with Crippen molar-refractivity contribution in [2.24, 2.45) is 0 Å². The Kier molecular flexibility index (Phi) is 4.63. The third-order valence-electron chi connectivity index (χ3n) is 3.95. The molecule has 0 atom stereocenters. The fraction of sp³-hybridized carbons (Fsp3) is 0. The summed E-state index contributed by atoms with van der Waals surface area (Å²) in [5.74, 6) is 0. The van der Waals surface area contributed by atoms with Crippen molar-refractivity contribution in [3.8, 4) is 0 Å². The Labute approximate surface area is 151 Å². The second-order valence-electron chi connectivity index (χ2n) is 5.77. The average Bonchev–Trinajstić information content (AvgIpc) is 2.60. The Morgan fingerprint density at radius 2 is 1.15 bits per heavy atom. The second-order valence-corrected chi connectivity index (χ2v) is 9.96. The molecule has 0 bridgehead atoms. The van der Waals surface area contributed by atoms with Gasteiger partial charge in [0.1, 0.15) is 0 Å². The monoisotopic (exact) mass is 388 g/mol. The summed E-state index contributed by atoms with van der Waals surface area (Å²) in [6, 6.07) is 18.6. The molecule has 0 heterocycles. The van der Waals surface area contributed by atoms with Gasteiger partial charge >= 0.3 is 0 Å². The van der Waals surface area contributed by atoms with E-state index in [0.29, 0.717) is 22.0 Å². The molecule has 0 saturated carbocycles. The van der Waals surface area contributed by atoms with Gasteiger partial charge in [0.15, 0.2) is 7.14 Å². The molecule has 134 valence electrons. The maximum absolute atomic E-state index is 14.2. The highest BCUT2D eigenvalue weighted by atomic mass is 32.2. The van der Waals surface area contributed by atoms with Crippen molar-refractivity contribution in [3.63, 3.8) is 0 Å². The number of anilines is 2. The van der Waals surface area contributed by atoms with Crippen LogP contribution in [0, 0.1) is 0 Å². The molecule has 0 fully saturated rings. The first-order chi connectivity index (χ1) is 12.2. The van der Waals surface area contributed by atoms with Crippen molar-refractivity contribution in [1.29, 1.82) is 0 Å². The predicted molar refractivity (Wildman–Crippen MR) is 104 cm³/mol. The summed E-state index contributed by atoms with van der Waals surface area (Å²) in [6.45, 7) is 0. The average molecular weight is 388 g/mol. The molecular formula is C18H17N2O4PS. The molecule has 3 aromatic carbocycles. The summed E-state index contributed by atoms with van der Waals surface area (Å²) >= 11 is 0. The highest BCUT2D eigenvalue weighted by molar-refractivity contribution is 7.86. The molecule has 3 rings (SSSR count). The maximum Gasteiger partial charge on any atom is 0.294 e. The molecule has 0 aliphatic heterocycles. The SMILES string of the molecule is Nc1cccc(P(=O)(c2cccc(N)c2)c2cccc(S(=O)(=O)O)c2)c1. The van der Waals surface area contributed by atoms with E-state index in [1.54, 1.807) is 54.6 Å². The van der Waals surface area contributed by atoms with Gasteiger partial charge < -0.3 is 16.0 Å². The number of nitrogens with two attached hydrogens (primary N) is 2. The fourth-order valence-corrected chi connectivity index (χ4v) is 6.11. The van der Waals surface area contributed by atoms with Crippen molar-refractivity contribution < 1.29 is 17.5 Å². The highest BCUT2D eigenvalue weighted by Crippen LogP contribution is 2.43. The van der Waals surface area contributed by atoms with E-state index in [-0.39, 0.29) is 10.2 Å². The van der Waals surface area contributed by atoms with Gasteiger partial charge in [-0.1, -0.05) is 36.4 Å². The summed E-state index contributed by atoms with van der Waals surface area (Å²) in [5.41, 5.74) is 12.6. The minimum Gasteiger partial charge on any atom is -0.399 e. The summed E-state index contributed by atoms with van der Waals surface area (Å²) in [7, 11) is -7.90. The van der Waals surface area contributed by atoms with Gasteiger partial charge in [0, 0.05) is 27.3 Å². The van der Waals surface area contributed by atoms with Gasteiger partial charge in [-0.2, -0.15) is 8.42 Å². The molecule has 6 nitrogen and oxygen atoms in total. The molecule has 0 spiro atoms. The normalized spacial score (nSPS) is 12.0. The molecule has 8 heteroatoms. The van der Waals surface area contributed by atoms with Crippen LogP contribution in [0.1, 0.15) is 0 Å². The summed E-state index contributed by atoms with van der Waals surface area (Å²) in [4.78, 5) is -0.331. The Morgan fingerprint density at radius 1 is 0.731 bits per heavy atom. The van der Waals surface area contributed by atoms with Crippen LogP contribution in [0.15, 0.2) is 77.7 Å². The van der Waals surface area contributed by atoms with Crippen molar-refractivity contribution >= 4 is 44.5 Å². The lowest BCUT2D eigenvalue weighted by atomic mass is 10.3. The van der Waals surface area contributed by atoms with Crippen LogP contribution in [0.25, 0.3) is 0 Å². The van der Waals surface area contributed by atoms with E-state index < -0.39 is 17.3 Å². The van der Waals surface area contributed by atoms with E-state index in [1.807, 2.05) is 0 Å². The molecule has 0 aliphatic rings. The molecule has 0 radical (unpaired) electrons. The minimum atomic E-state index is -4.44. The Hall–Kier alpha value is -2.60. The molecule has 0 unspecified atom stereocenters. The predicted octanol–water partition coefficient (Wildman–Crippen LogP) is 1.74. The van der Waals surface area contributed by atoms with Gasteiger partial charge in [-0.15, -0.1) is 0 Å². The van der Waals surface area contributed by atoms with Crippen LogP contribution in [-0.4, -0.2) is 13.0 Å². The van der Waals surface area contributed by atoms with Crippen molar-refractivity contribution in [1.82, 2.24) is 0 Å². The third-order valence-corrected chi connectivity index (χ3v) is 7.81. The number of nitrogen functional groups attached to an aromatic ring is 2. The van der Waals surface area contributed by atoms with Gasteiger partial charge in [-0.05, 0) is 36.4 Å². The molecule has 5 N–H and O–H groups in total. The number of rotatable bonds is 4. The highest BCUT2D eigenvalue weighted by Gasteiger charge is 2.31. The standard InChI is InChI=1S/C18H17N2O4PS/c19-13-4-1-6-15(10-13)25(21,16-7-2-5-14(20)11-16)17-8-3-9-18(12-17)26(22,23)24/h1-12H,19-20H2,(H,22,23,24). The zero-order chi connectivity index (χ0) is 18.9. The molecule has 0 aliphatic carbocycles. The van der Waals surface area contributed by atoms with Crippen molar-refractivity contribution in [3.05, 3.63) is 72.8 Å². The zero-order valence-electron chi connectivity index (χ0n) is 13.6. The van der Waals surface area contributed by atoms with E-state index in [2.05, 4.69) is 0 Å². The van der Waals surface area contributed by atoms with E-state index in [1.165, 1.54) is 18.2 Å². The summed E-state index contributed by atoms with van der Waals surface area (Å²) < 4.78 is 46.6. The first-order valence-corrected chi connectivity index (χ1v) is 10.8. The van der Waals surface area contributed by atoms with E-state index in [9.17, 15) is 17.5 Å². The molecular weight excluding hydrogens is 371 g/mol. The lowest BCUT2D eigenvalue weighted by Crippen LogP contribution is -2.26. The molecule has 0 saturated heterocycles. The first kappa shape index (κ1) is 18.2. The first-order valence-electron chi connectivity index (χ1n) is 7.61. The molecule has 26 heavy (non-hydrogen) atoms. The topological polar surface area (TPSA) is 123 Å². The van der Waals surface area contributed by atoms with Gasteiger partial charge in [-0.25, -0.2) is 0 Å². The van der Waals surface area contributed by atoms with Gasteiger partial charge in [0.2, 0.25) is 0 Å². The Morgan fingerprint density at radius 3 is 1.58 bits per heavy atom. The van der Waals surface area contributed by atoms with Crippen LogP contribution in [0.5, 0.6) is 0 Å². The van der Waals surface area contributed by atoms with E-state index in [0.717, 1.165) is 0 Å². The van der Waals surface area contributed by atoms with Gasteiger partial charge in [0.25, 0.3) is 10.1 Å². The van der Waals surface area contributed by atoms with Crippen LogP contribution in [0.3, 0.4) is 0 Å². The summed E-state index contributed by atoms with van der Waals surface area (Å²) in [5, 5.41) is 1.13. The number of hydrogen-bond acceptors (Lipinski definition) is 5. The smallest absolute Gasteiger partial charge is 0.294 e. The quantitative estimate of drug-likeness (QED) is 0.355. The molecule has 0 amide bonds. The third kappa shape index (κ3) is 3.37. The molecule has 3 aromatic rings. The lowest BCUT2D eigenvalue weighted by Gasteiger charge is -2.21. The van der Waals surface area contributed by atoms with Crippen LogP contribution >= 0.6 is 7.14 Å². The minimum absolute atomic E-state index is 0.254. The maximum atomic E-state index is 14.2. The van der Waals surface area contributed by atoms with Crippen LogP contribution in [-0.2, 0) is 14.7 Å². The van der Waals surface area contributed by atoms with Crippen LogP contribution in [0.2, 0.25) is 0 Å². The Balaban J connectivity index is 2.34. The van der Waals surface area contributed by atoms with E-state index in [4.69, 9.17) is 11.5 Å². The largest absolute Gasteiger partial charge is 0.399 e. The van der Waals surface area contributed by atoms with Crippen molar-refractivity contribution in [2.75, 3.05) is 11.5 Å². The fourth-order valence-electron chi connectivity index (χ4n) is 2.73. The zero-order valence-corrected chi connectivity index (χ0v) is 15.3.